The average molecular weight is 862 g/mol. The van der Waals surface area contributed by atoms with Gasteiger partial charge in [0, 0.05) is 16.8 Å². The Morgan fingerprint density at radius 2 is 1.17 bits per heavy atom. The van der Waals surface area contributed by atoms with E-state index in [1.165, 1.54) is 12.1 Å². The van der Waals surface area contributed by atoms with E-state index in [4.69, 9.17) is 5.73 Å². The molecule has 7 aliphatic rings. The van der Waals surface area contributed by atoms with Crippen LogP contribution in [0.1, 0.15) is 72.1 Å². The van der Waals surface area contributed by atoms with Gasteiger partial charge in [-0.25, -0.2) is 31.2 Å². The number of benzene rings is 3. The lowest BCUT2D eigenvalue weighted by Crippen LogP contribution is -2.78. The maximum absolute atomic E-state index is 13.5. The second kappa shape index (κ2) is 13.8. The van der Waals surface area contributed by atoms with Gasteiger partial charge in [0.1, 0.15) is 17.5 Å². The highest BCUT2D eigenvalue weighted by Gasteiger charge is 2.80. The van der Waals surface area contributed by atoms with E-state index in [9.17, 15) is 67.1 Å². The quantitative estimate of drug-likeness (QED) is 0.107. The molecule has 0 saturated heterocycles. The van der Waals surface area contributed by atoms with Gasteiger partial charge in [0.25, 0.3) is 11.8 Å². The fourth-order valence-corrected chi connectivity index (χ4v) is 9.68. The molecule has 7 fully saturated rings. The molecule has 0 spiro atoms. The third kappa shape index (κ3) is 7.73. The first-order valence-corrected chi connectivity index (χ1v) is 19.3. The van der Waals surface area contributed by atoms with Crippen molar-refractivity contribution in [3.63, 3.8) is 0 Å². The highest BCUT2D eigenvalue weighted by Crippen LogP contribution is 2.74. The van der Waals surface area contributed by atoms with Crippen LogP contribution in [0.15, 0.2) is 68.6 Å². The number of carbonyl (C=O) groups excluding carboxylic acids is 2. The lowest BCUT2D eigenvalue weighted by atomic mass is 9.39. The second-order valence-electron chi connectivity index (χ2n) is 15.8. The molecule has 6 N–H and O–H groups in total. The molecule has 59 heavy (non-hydrogen) atoms. The molecule has 0 atom stereocenters. The monoisotopic (exact) mass is 861 g/mol. The van der Waals surface area contributed by atoms with Crippen LogP contribution in [-0.2, 0) is 10.0 Å². The van der Waals surface area contributed by atoms with E-state index >= 15 is 0 Å². The Labute approximate surface area is 326 Å². The SMILES string of the molecule is Nc1cc(F)ccc1C(=O)NC12CC(C(F)(F)F)(C1)C2.O=C(NC12CC(C(F)(F)F)(C1)C2)c1ccc(F)cc1NS(=O)(=O)C1CC1.O=c1[nH]c2cc(F)ccc2c(=O)o1. The van der Waals surface area contributed by atoms with Gasteiger partial charge in [-0.1, -0.05) is 0 Å². The van der Waals surface area contributed by atoms with Crippen molar-refractivity contribution in [1.82, 2.24) is 15.6 Å². The van der Waals surface area contributed by atoms with Crippen molar-refractivity contribution in [1.29, 1.82) is 0 Å². The Hall–Kier alpha value is -5.54. The van der Waals surface area contributed by atoms with Crippen LogP contribution < -0.4 is 32.5 Å². The first-order valence-electron chi connectivity index (χ1n) is 17.8. The van der Waals surface area contributed by atoms with Gasteiger partial charge in [0.15, 0.2) is 0 Å². The van der Waals surface area contributed by atoms with Gasteiger partial charge in [-0.3, -0.25) is 19.3 Å². The van der Waals surface area contributed by atoms with E-state index in [1.807, 2.05) is 0 Å². The summed E-state index contributed by atoms with van der Waals surface area (Å²) >= 11 is 0. The fourth-order valence-electron chi connectivity index (χ4n) is 8.29. The number of H-pyrrole nitrogens is 1. The van der Waals surface area contributed by atoms with Crippen molar-refractivity contribution in [2.45, 2.75) is 80.0 Å². The van der Waals surface area contributed by atoms with Gasteiger partial charge in [0.2, 0.25) is 10.0 Å². The number of carbonyl (C=O) groups is 2. The van der Waals surface area contributed by atoms with Gasteiger partial charge in [0.05, 0.1) is 43.8 Å². The minimum Gasteiger partial charge on any atom is -0.398 e. The molecule has 4 bridgehead atoms. The summed E-state index contributed by atoms with van der Waals surface area (Å²) < 4.78 is 146. The summed E-state index contributed by atoms with van der Waals surface area (Å²) in [5.74, 6) is -3.97. The van der Waals surface area contributed by atoms with E-state index in [0.717, 1.165) is 42.5 Å². The lowest BCUT2D eigenvalue weighted by Gasteiger charge is -2.70. The van der Waals surface area contributed by atoms with Crippen LogP contribution in [0.25, 0.3) is 10.9 Å². The molecular formula is C37H32F9N5O7S. The van der Waals surface area contributed by atoms with E-state index in [1.54, 1.807) is 0 Å². The van der Waals surface area contributed by atoms with Crippen LogP contribution in [0, 0.1) is 28.3 Å². The van der Waals surface area contributed by atoms with E-state index in [-0.39, 0.29) is 71.9 Å². The highest BCUT2D eigenvalue weighted by molar-refractivity contribution is 7.93. The normalized spacial score (nSPS) is 26.2. The number of hydrogen-bond donors (Lipinski definition) is 5. The highest BCUT2D eigenvalue weighted by atomic mass is 32.2. The van der Waals surface area contributed by atoms with Crippen LogP contribution in [0.5, 0.6) is 0 Å². The fraction of sp³-hybridized carbons (Fsp3) is 0.405. The molecule has 4 aromatic rings. The van der Waals surface area contributed by atoms with E-state index in [2.05, 4.69) is 24.8 Å². The number of anilines is 2. The third-order valence-electron chi connectivity index (χ3n) is 11.3. The van der Waals surface area contributed by atoms with Crippen LogP contribution >= 0.6 is 0 Å². The summed E-state index contributed by atoms with van der Waals surface area (Å²) in [7, 11) is -3.71. The van der Waals surface area contributed by atoms with Gasteiger partial charge in [-0.2, -0.15) is 26.3 Å². The Kier molecular flexibility index (Phi) is 9.71. The molecule has 0 aliphatic heterocycles. The topological polar surface area (TPSA) is 193 Å². The number of amides is 2. The molecular weight excluding hydrogens is 829 g/mol. The van der Waals surface area contributed by atoms with Crippen molar-refractivity contribution < 1.29 is 61.9 Å². The maximum atomic E-state index is 13.5. The van der Waals surface area contributed by atoms with Gasteiger partial charge < -0.3 is 20.8 Å². The maximum Gasteiger partial charge on any atom is 0.419 e. The minimum absolute atomic E-state index is 0.0281. The summed E-state index contributed by atoms with van der Waals surface area (Å²) in [5, 5.41) is 4.75. The molecule has 1 heterocycles. The molecule has 12 nitrogen and oxygen atoms in total. The van der Waals surface area contributed by atoms with Crippen LogP contribution in [0.3, 0.4) is 0 Å². The summed E-state index contributed by atoms with van der Waals surface area (Å²) in [6.07, 6.45) is -8.32. The van der Waals surface area contributed by atoms with E-state index in [0.29, 0.717) is 12.8 Å². The van der Waals surface area contributed by atoms with Crippen LogP contribution in [-0.4, -0.2) is 53.9 Å². The molecule has 3 aromatic carbocycles. The first-order chi connectivity index (χ1) is 27.3. The number of halogens is 9. The third-order valence-corrected chi connectivity index (χ3v) is 13.2. The van der Waals surface area contributed by atoms with Crippen LogP contribution in [0.2, 0.25) is 0 Å². The standard InChI is InChI=1S/C16H16F4N2O3S.C13H12F4N2O.C8H4FNO3/c17-9-1-4-11(12(5-9)22-26(24,25)10-2-3-10)13(23)21-15-6-14(7-15,8-15)16(18,19)20;14-7-1-2-8(9(18)3-7)10(20)19-12-4-11(5-12,6-12)13(15,16)17;9-4-1-2-5-6(3-4)10-8(12)13-7(5)11/h1,4-5,10,22H,2-3,6-8H2,(H,21,23);1-3H,4-6,18H2,(H,19,20);1-3H,(H,10,12). The predicted octanol–water partition coefficient (Wildman–Crippen LogP) is 6.19. The summed E-state index contributed by atoms with van der Waals surface area (Å²) in [5.41, 5.74) is -0.361. The van der Waals surface area contributed by atoms with Crippen molar-refractivity contribution in [3.05, 3.63) is 104 Å². The Balaban J connectivity index is 0.000000142. The minimum atomic E-state index is -4.29. The number of hydrogen-bond acceptors (Lipinski definition) is 8. The zero-order valence-corrected chi connectivity index (χ0v) is 31.0. The Morgan fingerprint density at radius 3 is 1.66 bits per heavy atom. The predicted molar refractivity (Wildman–Crippen MR) is 191 cm³/mol. The number of sulfonamides is 1. The van der Waals surface area contributed by atoms with Gasteiger partial charge >= 0.3 is 23.7 Å². The molecule has 1 aromatic heterocycles. The number of fused-ring (bicyclic) bond motifs is 1. The van der Waals surface area contributed by atoms with Crippen molar-refractivity contribution in [2.24, 2.45) is 10.8 Å². The molecule has 11 rings (SSSR count). The number of nitrogens with two attached hydrogens (primary N) is 1. The summed E-state index contributed by atoms with van der Waals surface area (Å²) in [4.78, 5) is 48.3. The van der Waals surface area contributed by atoms with Crippen molar-refractivity contribution in [2.75, 3.05) is 10.5 Å². The average Bonchev–Trinajstić information content (AvgIpc) is 3.89. The summed E-state index contributed by atoms with van der Waals surface area (Å²) in [6, 6.07) is 9.79. The lowest BCUT2D eigenvalue weighted by molar-refractivity contribution is -0.336. The van der Waals surface area contributed by atoms with E-state index < -0.39 is 90.2 Å². The molecule has 7 saturated carbocycles. The zero-order valence-electron chi connectivity index (χ0n) is 30.2. The smallest absolute Gasteiger partial charge is 0.398 e. The number of nitrogens with one attached hydrogen (secondary N) is 4. The number of aromatic nitrogens is 1. The Bertz CT molecular complexity index is 2580. The number of rotatable bonds is 7. The van der Waals surface area contributed by atoms with Crippen molar-refractivity contribution >= 4 is 44.1 Å². The van der Waals surface area contributed by atoms with Gasteiger partial charge in [-0.05, 0) is 106 Å². The Morgan fingerprint density at radius 1 is 0.712 bits per heavy atom. The molecule has 2 amide bonds. The van der Waals surface area contributed by atoms with Gasteiger partial charge in [-0.15, -0.1) is 0 Å². The first kappa shape index (κ1) is 41.6. The number of nitrogen functional groups attached to an aromatic ring is 1. The zero-order chi connectivity index (χ0) is 43.1. The largest absolute Gasteiger partial charge is 0.419 e. The van der Waals surface area contributed by atoms with Crippen LogP contribution in [0.4, 0.5) is 50.9 Å². The second-order valence-corrected chi connectivity index (χ2v) is 17.8. The molecule has 0 unspecified atom stereocenters. The number of alkyl halides is 6. The summed E-state index contributed by atoms with van der Waals surface area (Å²) in [6.45, 7) is 0. The molecule has 7 aliphatic carbocycles. The molecule has 22 heteroatoms. The van der Waals surface area contributed by atoms with Crippen molar-refractivity contribution in [3.8, 4) is 0 Å². The molecule has 316 valence electrons. The molecule has 0 radical (unpaired) electrons. The number of aromatic amines is 1.